The van der Waals surface area contributed by atoms with E-state index in [-0.39, 0.29) is 12.1 Å². The lowest BCUT2D eigenvalue weighted by atomic mass is 9.94. The Hall–Kier alpha value is -1.81. The molecule has 0 spiro atoms. The summed E-state index contributed by atoms with van der Waals surface area (Å²) in [6.07, 6.45) is 7.72. The van der Waals surface area contributed by atoms with E-state index in [1.807, 2.05) is 24.3 Å². The number of benzene rings is 1. The fourth-order valence-corrected chi connectivity index (χ4v) is 3.22. The zero-order valence-corrected chi connectivity index (χ0v) is 12.1. The third-order valence-corrected chi connectivity index (χ3v) is 4.42. The number of nitrogens with one attached hydrogen (secondary N) is 2. The highest BCUT2D eigenvalue weighted by Crippen LogP contribution is 2.31. The first-order chi connectivity index (χ1) is 10.2. The highest BCUT2D eigenvalue weighted by Gasteiger charge is 2.31. The molecular formula is C17H22N2O2. The first-order valence-corrected chi connectivity index (χ1v) is 7.69. The van der Waals surface area contributed by atoms with Crippen molar-refractivity contribution in [2.45, 2.75) is 37.8 Å². The van der Waals surface area contributed by atoms with Crippen molar-refractivity contribution >= 4 is 6.03 Å². The first kappa shape index (κ1) is 14.1. The fraction of sp³-hybridized carbons (Fsp3) is 0.471. The van der Waals surface area contributed by atoms with Crippen LogP contribution in [0.15, 0.2) is 36.4 Å². The topological polar surface area (TPSA) is 61.4 Å². The van der Waals surface area contributed by atoms with Crippen LogP contribution in [-0.2, 0) is 6.42 Å². The molecule has 2 amide bonds. The van der Waals surface area contributed by atoms with E-state index in [1.54, 1.807) is 0 Å². The van der Waals surface area contributed by atoms with Gasteiger partial charge in [0.25, 0.3) is 0 Å². The molecule has 0 saturated heterocycles. The van der Waals surface area contributed by atoms with Crippen LogP contribution in [0.5, 0.6) is 0 Å². The summed E-state index contributed by atoms with van der Waals surface area (Å²) in [6, 6.07) is 7.40. The van der Waals surface area contributed by atoms with Crippen LogP contribution in [0.2, 0.25) is 0 Å². The standard InChI is InChI=1S/C17H22N2O2/c20-15-10-13-8-4-5-9-14(13)16(15)19-17(21)18-11-12-6-2-1-3-7-12/h1-2,4-5,8-9,12,15-16,20H,3,6-7,10-11H2,(H2,18,19,21)/t12?,15-,16+/m1/s1. The summed E-state index contributed by atoms with van der Waals surface area (Å²) in [5.41, 5.74) is 2.15. The number of hydrogen-bond acceptors (Lipinski definition) is 2. The van der Waals surface area contributed by atoms with Gasteiger partial charge in [-0.1, -0.05) is 36.4 Å². The Morgan fingerprint density at radius 2 is 2.14 bits per heavy atom. The second-order valence-electron chi connectivity index (χ2n) is 5.95. The molecule has 3 atom stereocenters. The molecular weight excluding hydrogens is 264 g/mol. The number of fused-ring (bicyclic) bond motifs is 1. The van der Waals surface area contributed by atoms with Crippen LogP contribution in [0.25, 0.3) is 0 Å². The number of urea groups is 1. The molecule has 4 nitrogen and oxygen atoms in total. The van der Waals surface area contributed by atoms with Crippen molar-refractivity contribution in [3.05, 3.63) is 47.5 Å². The zero-order chi connectivity index (χ0) is 14.7. The van der Waals surface area contributed by atoms with Gasteiger partial charge in [-0.2, -0.15) is 0 Å². The largest absolute Gasteiger partial charge is 0.390 e. The molecule has 0 aromatic heterocycles. The lowest BCUT2D eigenvalue weighted by Crippen LogP contribution is -2.42. The number of carbonyl (C=O) groups is 1. The van der Waals surface area contributed by atoms with E-state index >= 15 is 0 Å². The van der Waals surface area contributed by atoms with Crippen LogP contribution >= 0.6 is 0 Å². The quantitative estimate of drug-likeness (QED) is 0.747. The average Bonchev–Trinajstić information content (AvgIpc) is 2.82. The molecule has 1 unspecified atom stereocenters. The smallest absolute Gasteiger partial charge is 0.315 e. The lowest BCUT2D eigenvalue weighted by molar-refractivity contribution is 0.142. The van der Waals surface area contributed by atoms with Crippen LogP contribution in [-0.4, -0.2) is 23.8 Å². The van der Waals surface area contributed by atoms with E-state index < -0.39 is 6.10 Å². The molecule has 2 aliphatic rings. The Morgan fingerprint density at radius 1 is 1.29 bits per heavy atom. The summed E-state index contributed by atoms with van der Waals surface area (Å²) in [6.45, 7) is 0.695. The third kappa shape index (κ3) is 3.27. The minimum atomic E-state index is -0.536. The van der Waals surface area contributed by atoms with E-state index in [0.29, 0.717) is 18.9 Å². The van der Waals surface area contributed by atoms with Crippen molar-refractivity contribution in [3.63, 3.8) is 0 Å². The average molecular weight is 286 g/mol. The maximum Gasteiger partial charge on any atom is 0.315 e. The van der Waals surface area contributed by atoms with Gasteiger partial charge in [-0.15, -0.1) is 0 Å². The second-order valence-corrected chi connectivity index (χ2v) is 5.95. The van der Waals surface area contributed by atoms with Gasteiger partial charge in [-0.05, 0) is 36.3 Å². The Balaban J connectivity index is 1.54. The molecule has 3 rings (SSSR count). The molecule has 0 bridgehead atoms. The van der Waals surface area contributed by atoms with Crippen molar-refractivity contribution in [3.8, 4) is 0 Å². The number of aliphatic hydroxyl groups excluding tert-OH is 1. The predicted molar refractivity (Wildman–Crippen MR) is 81.9 cm³/mol. The fourth-order valence-electron chi connectivity index (χ4n) is 3.22. The summed E-state index contributed by atoms with van der Waals surface area (Å²) >= 11 is 0. The number of rotatable bonds is 3. The van der Waals surface area contributed by atoms with Crippen LogP contribution in [0, 0.1) is 5.92 Å². The highest BCUT2D eigenvalue weighted by atomic mass is 16.3. The van der Waals surface area contributed by atoms with Gasteiger partial charge < -0.3 is 15.7 Å². The highest BCUT2D eigenvalue weighted by molar-refractivity contribution is 5.74. The Kier molecular flexibility index (Phi) is 4.25. The number of allylic oxidation sites excluding steroid dienone is 2. The van der Waals surface area contributed by atoms with Crippen LogP contribution < -0.4 is 10.6 Å². The van der Waals surface area contributed by atoms with Gasteiger partial charge in [0.1, 0.15) is 0 Å². The molecule has 0 fully saturated rings. The molecule has 0 radical (unpaired) electrons. The maximum absolute atomic E-state index is 12.0. The van der Waals surface area contributed by atoms with Gasteiger partial charge in [0.05, 0.1) is 12.1 Å². The molecule has 1 aromatic rings. The Bertz CT molecular complexity index is 541. The molecule has 0 saturated carbocycles. The van der Waals surface area contributed by atoms with Crippen molar-refractivity contribution in [2.75, 3.05) is 6.54 Å². The number of carbonyl (C=O) groups excluding carboxylic acids is 1. The van der Waals surface area contributed by atoms with Crippen molar-refractivity contribution in [1.82, 2.24) is 10.6 Å². The SMILES string of the molecule is O=C(NCC1CC=CCC1)N[C@H]1c2ccccc2C[C@H]1O. The minimum absolute atomic E-state index is 0.190. The summed E-state index contributed by atoms with van der Waals surface area (Å²) in [4.78, 5) is 12.0. The van der Waals surface area contributed by atoms with E-state index in [2.05, 4.69) is 22.8 Å². The van der Waals surface area contributed by atoms with Gasteiger partial charge in [0, 0.05) is 13.0 Å². The molecule has 1 aromatic carbocycles. The van der Waals surface area contributed by atoms with E-state index in [4.69, 9.17) is 0 Å². The summed E-state index contributed by atoms with van der Waals surface area (Å²) in [5.74, 6) is 0.529. The third-order valence-electron chi connectivity index (χ3n) is 4.42. The first-order valence-electron chi connectivity index (χ1n) is 7.69. The molecule has 2 aliphatic carbocycles. The Labute approximate surface area is 125 Å². The molecule has 0 heterocycles. The van der Waals surface area contributed by atoms with E-state index in [9.17, 15) is 9.90 Å². The van der Waals surface area contributed by atoms with Crippen LogP contribution in [0.1, 0.15) is 36.4 Å². The second kappa shape index (κ2) is 6.31. The van der Waals surface area contributed by atoms with Crippen LogP contribution in [0.3, 0.4) is 0 Å². The van der Waals surface area contributed by atoms with Gasteiger partial charge in [-0.25, -0.2) is 4.79 Å². The lowest BCUT2D eigenvalue weighted by Gasteiger charge is -2.21. The maximum atomic E-state index is 12.0. The van der Waals surface area contributed by atoms with Gasteiger partial charge in [-0.3, -0.25) is 0 Å². The Morgan fingerprint density at radius 3 is 2.95 bits per heavy atom. The van der Waals surface area contributed by atoms with E-state index in [1.165, 1.54) is 0 Å². The normalized spacial score (nSPS) is 27.2. The van der Waals surface area contributed by atoms with Gasteiger partial charge in [0.2, 0.25) is 0 Å². The predicted octanol–water partition coefficient (Wildman–Crippen LogP) is 2.30. The molecule has 21 heavy (non-hydrogen) atoms. The summed E-state index contributed by atoms with van der Waals surface area (Å²) < 4.78 is 0. The zero-order valence-electron chi connectivity index (χ0n) is 12.1. The number of amides is 2. The van der Waals surface area contributed by atoms with Gasteiger partial charge in [0.15, 0.2) is 0 Å². The van der Waals surface area contributed by atoms with E-state index in [0.717, 1.165) is 30.4 Å². The molecule has 3 N–H and O–H groups in total. The molecule has 4 heteroatoms. The molecule has 0 aliphatic heterocycles. The number of hydrogen-bond donors (Lipinski definition) is 3. The van der Waals surface area contributed by atoms with Crippen molar-refractivity contribution in [2.24, 2.45) is 5.92 Å². The van der Waals surface area contributed by atoms with Crippen LogP contribution in [0.4, 0.5) is 4.79 Å². The molecule has 112 valence electrons. The minimum Gasteiger partial charge on any atom is -0.390 e. The summed E-state index contributed by atoms with van der Waals surface area (Å²) in [5, 5.41) is 16.0. The van der Waals surface area contributed by atoms with Gasteiger partial charge >= 0.3 is 6.03 Å². The van der Waals surface area contributed by atoms with Crippen molar-refractivity contribution in [1.29, 1.82) is 0 Å². The summed E-state index contributed by atoms with van der Waals surface area (Å²) in [7, 11) is 0. The number of aliphatic hydroxyl groups is 1. The van der Waals surface area contributed by atoms with Crippen molar-refractivity contribution < 1.29 is 9.90 Å². The monoisotopic (exact) mass is 286 g/mol.